The maximum atomic E-state index is 5.90. The van der Waals surface area contributed by atoms with Crippen molar-refractivity contribution >= 4 is 17.4 Å². The van der Waals surface area contributed by atoms with E-state index in [1.807, 2.05) is 6.92 Å². The van der Waals surface area contributed by atoms with Crippen LogP contribution in [0.5, 0.6) is 0 Å². The van der Waals surface area contributed by atoms with Gasteiger partial charge in [-0.25, -0.2) is 14.6 Å². The molecule has 2 aromatic heterocycles. The summed E-state index contributed by atoms with van der Waals surface area (Å²) in [5, 5.41) is 8.04. The van der Waals surface area contributed by atoms with Crippen LogP contribution in [0.1, 0.15) is 32.3 Å². The van der Waals surface area contributed by atoms with E-state index in [1.165, 1.54) is 6.33 Å². The highest BCUT2D eigenvalue weighted by molar-refractivity contribution is 6.30. The van der Waals surface area contributed by atoms with Gasteiger partial charge < -0.3 is 5.32 Å². The van der Waals surface area contributed by atoms with Gasteiger partial charge in [0.2, 0.25) is 0 Å². The lowest BCUT2D eigenvalue weighted by atomic mass is 10.0. The van der Waals surface area contributed by atoms with Crippen molar-refractivity contribution in [1.29, 1.82) is 0 Å². The molecule has 2 rings (SSSR count). The van der Waals surface area contributed by atoms with E-state index >= 15 is 0 Å². The van der Waals surface area contributed by atoms with Crippen molar-refractivity contribution < 1.29 is 0 Å². The number of hydrogen-bond acceptors (Lipinski definition) is 4. The lowest BCUT2D eigenvalue weighted by Crippen LogP contribution is -2.11. The number of halogens is 1. The van der Waals surface area contributed by atoms with Gasteiger partial charge in [-0.15, -0.1) is 0 Å². The van der Waals surface area contributed by atoms with Crippen molar-refractivity contribution in [2.24, 2.45) is 0 Å². The van der Waals surface area contributed by atoms with Crippen LogP contribution in [0.4, 0.5) is 5.82 Å². The van der Waals surface area contributed by atoms with Crippen LogP contribution in [0.3, 0.4) is 0 Å². The molecule has 0 aliphatic rings. The van der Waals surface area contributed by atoms with Crippen LogP contribution in [0.15, 0.2) is 18.7 Å². The average Bonchev–Trinajstić information content (AvgIpc) is 2.75. The number of hydrogen-bond donors (Lipinski definition) is 1. The predicted octanol–water partition coefficient (Wildman–Crippen LogP) is 2.87. The van der Waals surface area contributed by atoms with E-state index in [0.717, 1.165) is 23.7 Å². The molecular formula is C12H16ClN5. The van der Waals surface area contributed by atoms with Gasteiger partial charge in [-0.1, -0.05) is 25.4 Å². The Hall–Kier alpha value is -1.62. The Balaban J connectivity index is 2.56. The molecular weight excluding hydrogens is 250 g/mol. The van der Waals surface area contributed by atoms with E-state index in [0.29, 0.717) is 10.9 Å². The van der Waals surface area contributed by atoms with E-state index in [-0.39, 0.29) is 0 Å². The van der Waals surface area contributed by atoms with Gasteiger partial charge in [0.1, 0.15) is 12.1 Å². The fourth-order valence-electron chi connectivity index (χ4n) is 1.83. The minimum Gasteiger partial charge on any atom is -0.370 e. The van der Waals surface area contributed by atoms with Crippen LogP contribution in [-0.2, 0) is 0 Å². The summed E-state index contributed by atoms with van der Waals surface area (Å²) >= 11 is 5.90. The normalized spacial score (nSPS) is 10.9. The van der Waals surface area contributed by atoms with Crippen molar-refractivity contribution in [1.82, 2.24) is 19.7 Å². The molecule has 0 bridgehead atoms. The molecule has 0 aliphatic heterocycles. The minimum atomic E-state index is 0.290. The molecule has 0 aromatic carbocycles. The molecule has 2 aromatic rings. The molecule has 0 radical (unpaired) electrons. The number of nitrogens with one attached hydrogen (secondary N) is 1. The van der Waals surface area contributed by atoms with E-state index in [9.17, 15) is 0 Å². The van der Waals surface area contributed by atoms with Crippen molar-refractivity contribution in [3.8, 4) is 5.82 Å². The van der Waals surface area contributed by atoms with Gasteiger partial charge in [0.05, 0.1) is 17.4 Å². The lowest BCUT2D eigenvalue weighted by Gasteiger charge is -2.16. The summed E-state index contributed by atoms with van der Waals surface area (Å²) in [5.74, 6) is 1.91. The zero-order chi connectivity index (χ0) is 13.1. The summed E-state index contributed by atoms with van der Waals surface area (Å²) in [5.41, 5.74) is 1.04. The molecule has 0 spiro atoms. The van der Waals surface area contributed by atoms with Gasteiger partial charge in [-0.05, 0) is 12.8 Å². The zero-order valence-electron chi connectivity index (χ0n) is 10.7. The summed E-state index contributed by atoms with van der Waals surface area (Å²) in [6.07, 6.45) is 4.88. The van der Waals surface area contributed by atoms with Crippen LogP contribution >= 0.6 is 11.6 Å². The van der Waals surface area contributed by atoms with Crippen LogP contribution in [0.25, 0.3) is 5.82 Å². The predicted molar refractivity (Wildman–Crippen MR) is 72.4 cm³/mol. The quantitative estimate of drug-likeness (QED) is 0.924. The fraction of sp³-hybridized carbons (Fsp3) is 0.417. The van der Waals surface area contributed by atoms with Crippen LogP contribution in [-0.4, -0.2) is 26.3 Å². The lowest BCUT2D eigenvalue weighted by molar-refractivity contribution is 0.773. The molecule has 1 N–H and O–H groups in total. The van der Waals surface area contributed by atoms with Gasteiger partial charge >= 0.3 is 0 Å². The second-order valence-corrected chi connectivity index (χ2v) is 4.68. The smallest absolute Gasteiger partial charge is 0.162 e. The van der Waals surface area contributed by atoms with Gasteiger partial charge in [0, 0.05) is 12.1 Å². The summed E-state index contributed by atoms with van der Waals surface area (Å²) in [6.45, 7) is 7.06. The van der Waals surface area contributed by atoms with Crippen molar-refractivity contribution in [3.63, 3.8) is 0 Å². The first-order chi connectivity index (χ1) is 8.63. The molecule has 0 amide bonds. The summed E-state index contributed by atoms with van der Waals surface area (Å²) in [4.78, 5) is 8.60. The molecule has 96 valence electrons. The number of nitrogens with zero attached hydrogens (tertiary/aromatic N) is 4. The van der Waals surface area contributed by atoms with E-state index in [4.69, 9.17) is 11.6 Å². The van der Waals surface area contributed by atoms with Crippen LogP contribution < -0.4 is 5.32 Å². The molecule has 0 atom stereocenters. The highest BCUT2D eigenvalue weighted by atomic mass is 35.5. The second-order valence-electron chi connectivity index (χ2n) is 4.25. The monoisotopic (exact) mass is 265 g/mol. The molecule has 0 saturated heterocycles. The molecule has 6 heteroatoms. The van der Waals surface area contributed by atoms with Crippen LogP contribution in [0.2, 0.25) is 5.02 Å². The highest BCUT2D eigenvalue weighted by Gasteiger charge is 2.16. The summed E-state index contributed by atoms with van der Waals surface area (Å²) in [7, 11) is 0. The molecule has 0 fully saturated rings. The Morgan fingerprint density at radius 1 is 1.39 bits per heavy atom. The Labute approximate surface area is 111 Å². The molecule has 0 saturated carbocycles. The molecule has 2 heterocycles. The third kappa shape index (κ3) is 2.46. The SMILES string of the molecule is CCNc1ncnc(-n2cc(Cl)cn2)c1C(C)C. The van der Waals surface area contributed by atoms with Crippen molar-refractivity contribution in [2.45, 2.75) is 26.7 Å². The van der Waals surface area contributed by atoms with E-state index in [1.54, 1.807) is 17.1 Å². The highest BCUT2D eigenvalue weighted by Crippen LogP contribution is 2.27. The number of rotatable bonds is 4. The molecule has 0 aliphatic carbocycles. The largest absolute Gasteiger partial charge is 0.370 e. The molecule has 5 nitrogen and oxygen atoms in total. The second kappa shape index (κ2) is 5.35. The third-order valence-electron chi connectivity index (χ3n) is 2.55. The Bertz CT molecular complexity index is 535. The fourth-order valence-corrected chi connectivity index (χ4v) is 1.96. The molecule has 0 unspecified atom stereocenters. The Morgan fingerprint density at radius 2 is 2.17 bits per heavy atom. The average molecular weight is 266 g/mol. The number of anilines is 1. The zero-order valence-corrected chi connectivity index (χ0v) is 11.4. The minimum absolute atomic E-state index is 0.290. The van der Waals surface area contributed by atoms with Gasteiger partial charge in [0.25, 0.3) is 0 Å². The standard InChI is InChI=1S/C12H16ClN5/c1-4-14-11-10(8(2)3)12(16-7-15-11)18-6-9(13)5-17-18/h5-8H,4H2,1-3H3,(H,14,15,16). The van der Waals surface area contributed by atoms with Crippen molar-refractivity contribution in [2.75, 3.05) is 11.9 Å². The Morgan fingerprint density at radius 3 is 2.72 bits per heavy atom. The maximum Gasteiger partial charge on any atom is 0.162 e. The van der Waals surface area contributed by atoms with E-state index < -0.39 is 0 Å². The third-order valence-corrected chi connectivity index (χ3v) is 2.75. The molecule has 18 heavy (non-hydrogen) atoms. The first-order valence-corrected chi connectivity index (χ1v) is 6.30. The van der Waals surface area contributed by atoms with Gasteiger partial charge in [-0.2, -0.15) is 5.10 Å². The summed E-state index contributed by atoms with van der Waals surface area (Å²) < 4.78 is 1.68. The van der Waals surface area contributed by atoms with Gasteiger partial charge in [0.15, 0.2) is 5.82 Å². The topological polar surface area (TPSA) is 55.6 Å². The summed E-state index contributed by atoms with van der Waals surface area (Å²) in [6, 6.07) is 0. The van der Waals surface area contributed by atoms with E-state index in [2.05, 4.69) is 34.2 Å². The Kier molecular flexibility index (Phi) is 3.81. The number of aromatic nitrogens is 4. The first-order valence-electron chi connectivity index (χ1n) is 5.92. The first kappa shape index (κ1) is 12.8. The maximum absolute atomic E-state index is 5.90. The van der Waals surface area contributed by atoms with Crippen molar-refractivity contribution in [3.05, 3.63) is 29.3 Å². The van der Waals surface area contributed by atoms with Crippen LogP contribution in [0, 0.1) is 0 Å². The van der Waals surface area contributed by atoms with Gasteiger partial charge in [-0.3, -0.25) is 0 Å².